The van der Waals surface area contributed by atoms with Gasteiger partial charge >= 0.3 is 24.3 Å². The SMILES string of the molecule is NCCC(=O)N[C@@H](Cc1cnc[nH]1)C(=O)NCC1CCCCC1.O=C(O)C(F)(F)F.O=C(O)C(F)(F)F. The van der Waals surface area contributed by atoms with Crippen LogP contribution in [0, 0.1) is 5.92 Å². The molecule has 0 aliphatic heterocycles. The van der Waals surface area contributed by atoms with Gasteiger partial charge in [0.1, 0.15) is 6.04 Å². The highest BCUT2D eigenvalue weighted by Gasteiger charge is 2.38. The van der Waals surface area contributed by atoms with Gasteiger partial charge in [0.05, 0.1) is 6.33 Å². The first-order valence-electron chi connectivity index (χ1n) is 10.9. The van der Waals surface area contributed by atoms with Crippen molar-refractivity contribution in [1.29, 1.82) is 0 Å². The van der Waals surface area contributed by atoms with E-state index in [2.05, 4.69) is 20.6 Å². The second-order valence-electron chi connectivity index (χ2n) is 7.79. The number of carbonyl (C=O) groups excluding carboxylic acids is 2. The Balaban J connectivity index is 0.000000761. The van der Waals surface area contributed by atoms with Crippen LogP contribution >= 0.6 is 0 Å². The Labute approximate surface area is 207 Å². The minimum Gasteiger partial charge on any atom is -0.475 e. The summed E-state index contributed by atoms with van der Waals surface area (Å²) in [7, 11) is 0. The average Bonchev–Trinajstić information content (AvgIpc) is 3.30. The topological polar surface area (TPSA) is 187 Å². The highest BCUT2D eigenvalue weighted by atomic mass is 19.4. The molecule has 1 aromatic rings. The van der Waals surface area contributed by atoms with Gasteiger partial charge in [-0.1, -0.05) is 19.3 Å². The molecule has 2 amide bonds. The van der Waals surface area contributed by atoms with Crippen LogP contribution in [-0.2, 0) is 25.6 Å². The lowest BCUT2D eigenvalue weighted by Gasteiger charge is -2.24. The van der Waals surface area contributed by atoms with Crippen molar-refractivity contribution in [3.05, 3.63) is 18.2 Å². The number of carboxylic acids is 2. The summed E-state index contributed by atoms with van der Waals surface area (Å²) in [5.41, 5.74) is 6.21. The van der Waals surface area contributed by atoms with Gasteiger partial charge in [-0.05, 0) is 18.8 Å². The second-order valence-corrected chi connectivity index (χ2v) is 7.79. The molecule has 37 heavy (non-hydrogen) atoms. The summed E-state index contributed by atoms with van der Waals surface area (Å²) in [5, 5.41) is 20.0. The largest absolute Gasteiger partial charge is 0.490 e. The van der Waals surface area contributed by atoms with Crippen LogP contribution < -0.4 is 16.4 Å². The van der Waals surface area contributed by atoms with Gasteiger partial charge < -0.3 is 31.6 Å². The predicted octanol–water partition coefficient (Wildman–Crippen LogP) is 1.75. The Morgan fingerprint density at radius 1 is 1.03 bits per heavy atom. The monoisotopic (exact) mass is 549 g/mol. The van der Waals surface area contributed by atoms with Crippen molar-refractivity contribution < 1.29 is 55.7 Å². The van der Waals surface area contributed by atoms with E-state index in [-0.39, 0.29) is 24.8 Å². The molecule has 1 aliphatic carbocycles. The zero-order chi connectivity index (χ0) is 28.6. The fraction of sp³-hybridized carbons (Fsp3) is 0.650. The Morgan fingerprint density at radius 2 is 1.54 bits per heavy atom. The molecule has 1 aliphatic rings. The lowest BCUT2D eigenvalue weighted by atomic mass is 9.89. The number of nitrogens with two attached hydrogens (primary N) is 1. The van der Waals surface area contributed by atoms with Crippen LogP contribution in [0.15, 0.2) is 12.5 Å². The van der Waals surface area contributed by atoms with Crippen molar-refractivity contribution in [3.8, 4) is 0 Å². The molecule has 7 N–H and O–H groups in total. The van der Waals surface area contributed by atoms with Gasteiger partial charge in [0.15, 0.2) is 0 Å². The maximum atomic E-state index is 12.5. The number of carbonyl (C=O) groups is 4. The van der Waals surface area contributed by atoms with Crippen molar-refractivity contribution in [1.82, 2.24) is 20.6 Å². The quantitative estimate of drug-likeness (QED) is 0.265. The van der Waals surface area contributed by atoms with Gasteiger partial charge in [-0.2, -0.15) is 26.3 Å². The highest BCUT2D eigenvalue weighted by molar-refractivity contribution is 5.87. The molecular formula is C20H29F6N5O6. The van der Waals surface area contributed by atoms with Crippen LogP contribution in [-0.4, -0.2) is 75.4 Å². The third-order valence-corrected chi connectivity index (χ3v) is 4.78. The number of nitrogens with one attached hydrogen (secondary N) is 3. The van der Waals surface area contributed by atoms with Crippen LogP contribution in [0.2, 0.25) is 0 Å². The Morgan fingerprint density at radius 3 is 1.95 bits per heavy atom. The zero-order valence-electron chi connectivity index (χ0n) is 19.5. The van der Waals surface area contributed by atoms with E-state index in [4.69, 9.17) is 25.5 Å². The molecule has 0 unspecified atom stereocenters. The van der Waals surface area contributed by atoms with Gasteiger partial charge in [-0.25, -0.2) is 14.6 Å². The molecule has 17 heteroatoms. The summed E-state index contributed by atoms with van der Waals surface area (Å²) < 4.78 is 63.5. The van der Waals surface area contributed by atoms with Gasteiger partial charge in [-0.3, -0.25) is 9.59 Å². The molecule has 0 saturated heterocycles. The molecule has 212 valence electrons. The summed E-state index contributed by atoms with van der Waals surface area (Å²) in [6, 6.07) is -0.599. The summed E-state index contributed by atoms with van der Waals surface area (Å²) in [4.78, 5) is 49.0. The van der Waals surface area contributed by atoms with E-state index in [0.717, 1.165) is 5.69 Å². The maximum Gasteiger partial charge on any atom is 0.490 e. The summed E-state index contributed by atoms with van der Waals surface area (Å²) in [6.45, 7) is 0.956. The molecule has 11 nitrogen and oxygen atoms in total. The number of hydrogen-bond donors (Lipinski definition) is 6. The molecule has 1 aromatic heterocycles. The molecule has 0 aromatic carbocycles. The number of imidazole rings is 1. The number of amides is 2. The van der Waals surface area contributed by atoms with Crippen molar-refractivity contribution in [2.24, 2.45) is 11.7 Å². The highest BCUT2D eigenvalue weighted by Crippen LogP contribution is 2.22. The molecular weight excluding hydrogens is 520 g/mol. The van der Waals surface area contributed by atoms with Crippen LogP contribution in [0.25, 0.3) is 0 Å². The number of hydrogen-bond acceptors (Lipinski definition) is 6. The van der Waals surface area contributed by atoms with Crippen molar-refractivity contribution in [2.75, 3.05) is 13.1 Å². The molecule has 1 atom stereocenters. The summed E-state index contributed by atoms with van der Waals surface area (Å²) in [6.07, 6.45) is -0.207. The number of aliphatic carboxylic acids is 2. The van der Waals surface area contributed by atoms with Gasteiger partial charge in [0.2, 0.25) is 11.8 Å². The fourth-order valence-electron chi connectivity index (χ4n) is 2.98. The Bertz CT molecular complexity index is 818. The summed E-state index contributed by atoms with van der Waals surface area (Å²) >= 11 is 0. The van der Waals surface area contributed by atoms with E-state index in [1.807, 2.05) is 0 Å². The minimum atomic E-state index is -5.08. The van der Waals surface area contributed by atoms with Gasteiger partial charge in [0.25, 0.3) is 0 Å². The minimum absolute atomic E-state index is 0.143. The number of aromatic nitrogens is 2. The molecule has 2 rings (SSSR count). The van der Waals surface area contributed by atoms with E-state index >= 15 is 0 Å². The predicted molar refractivity (Wildman–Crippen MR) is 115 cm³/mol. The van der Waals surface area contributed by atoms with E-state index in [9.17, 15) is 35.9 Å². The average molecular weight is 549 g/mol. The van der Waals surface area contributed by atoms with E-state index in [1.165, 1.54) is 32.1 Å². The number of nitrogens with zero attached hydrogens (tertiary/aromatic N) is 1. The van der Waals surface area contributed by atoms with Gasteiger partial charge in [0, 0.05) is 37.8 Å². The van der Waals surface area contributed by atoms with Crippen LogP contribution in [0.5, 0.6) is 0 Å². The van der Waals surface area contributed by atoms with Crippen LogP contribution in [0.1, 0.15) is 44.2 Å². The maximum absolute atomic E-state index is 12.5. The lowest BCUT2D eigenvalue weighted by Crippen LogP contribution is -2.49. The van der Waals surface area contributed by atoms with Crippen molar-refractivity contribution in [3.63, 3.8) is 0 Å². The number of carboxylic acid groups (broad SMARTS) is 2. The first-order chi connectivity index (χ1) is 17.1. The van der Waals surface area contributed by atoms with Crippen molar-refractivity contribution in [2.45, 2.75) is 63.3 Å². The number of aromatic amines is 1. The second kappa shape index (κ2) is 16.4. The first-order valence-corrected chi connectivity index (χ1v) is 10.9. The van der Waals surface area contributed by atoms with E-state index in [1.54, 1.807) is 12.5 Å². The number of alkyl halides is 6. The lowest BCUT2D eigenvalue weighted by molar-refractivity contribution is -0.193. The third kappa shape index (κ3) is 16.1. The van der Waals surface area contributed by atoms with Gasteiger partial charge in [-0.15, -0.1) is 0 Å². The van der Waals surface area contributed by atoms with E-state index in [0.29, 0.717) is 18.9 Å². The number of H-pyrrole nitrogens is 1. The smallest absolute Gasteiger partial charge is 0.475 e. The Hall–Kier alpha value is -3.37. The van der Waals surface area contributed by atoms with Crippen LogP contribution in [0.3, 0.4) is 0 Å². The molecule has 0 bridgehead atoms. The Kier molecular flexibility index (Phi) is 14.9. The van der Waals surface area contributed by atoms with Crippen molar-refractivity contribution >= 4 is 23.8 Å². The molecule has 1 saturated carbocycles. The fourth-order valence-corrected chi connectivity index (χ4v) is 2.98. The third-order valence-electron chi connectivity index (χ3n) is 4.78. The standard InChI is InChI=1S/C16H27N5O2.2C2HF3O2/c17-7-6-15(22)21-14(8-13-10-18-11-20-13)16(23)19-9-12-4-2-1-3-5-12;2*3-2(4,5)1(6)7/h10-12,14H,1-9,17H2,(H,18,20)(H,19,23)(H,21,22);2*(H,6,7)/t14-;;/m0../s1. The zero-order valence-corrected chi connectivity index (χ0v) is 19.5. The number of halogens is 6. The molecule has 0 radical (unpaired) electrons. The molecule has 1 fully saturated rings. The molecule has 0 spiro atoms. The van der Waals surface area contributed by atoms with Crippen LogP contribution in [0.4, 0.5) is 26.3 Å². The summed E-state index contributed by atoms with van der Waals surface area (Å²) in [5.74, 6) is -5.30. The first kappa shape index (κ1) is 33.6. The number of rotatable bonds is 8. The molecule has 1 heterocycles. The normalized spacial score (nSPS) is 14.7. The van der Waals surface area contributed by atoms with E-state index < -0.39 is 30.3 Å².